The lowest BCUT2D eigenvalue weighted by Crippen LogP contribution is -1.96. The van der Waals surface area contributed by atoms with Crippen LogP contribution in [0.3, 0.4) is 0 Å². The summed E-state index contributed by atoms with van der Waals surface area (Å²) in [7, 11) is 0. The molecule has 2 aromatic carbocycles. The van der Waals surface area contributed by atoms with Crippen molar-refractivity contribution in [3.8, 4) is 11.1 Å². The van der Waals surface area contributed by atoms with Gasteiger partial charge in [-0.2, -0.15) is 0 Å². The molecular weight excluding hydrogens is 385 g/mol. The highest BCUT2D eigenvalue weighted by molar-refractivity contribution is 7.17. The number of hydrogen-bond donors (Lipinski definition) is 1. The van der Waals surface area contributed by atoms with Gasteiger partial charge in [-0.25, -0.2) is 9.97 Å². The molecule has 0 fully saturated rings. The number of hydrogen-bond acceptors (Lipinski definition) is 4. The molecule has 0 aliphatic rings. The van der Waals surface area contributed by atoms with E-state index in [1.807, 2.05) is 12.1 Å². The highest BCUT2D eigenvalue weighted by Gasteiger charge is 2.15. The first-order valence-corrected chi connectivity index (χ1v) is 9.68. The summed E-state index contributed by atoms with van der Waals surface area (Å²) in [5, 5.41) is 7.62. The number of nitrogens with one attached hydrogen (secondary N) is 1. The maximum atomic E-state index is 6.12. The maximum Gasteiger partial charge on any atom is 0.143 e. The van der Waals surface area contributed by atoms with Crippen molar-refractivity contribution < 1.29 is 0 Å². The Morgan fingerprint density at radius 2 is 1.69 bits per heavy atom. The van der Waals surface area contributed by atoms with Gasteiger partial charge in [-0.3, -0.25) is 0 Å². The Hall–Kier alpha value is -2.14. The number of anilines is 2. The molecule has 0 saturated carbocycles. The Labute approximate surface area is 165 Å². The van der Waals surface area contributed by atoms with Crippen molar-refractivity contribution in [2.75, 3.05) is 5.32 Å². The fourth-order valence-electron chi connectivity index (χ4n) is 3.05. The molecule has 0 bridgehead atoms. The topological polar surface area (TPSA) is 37.8 Å². The van der Waals surface area contributed by atoms with Gasteiger partial charge in [0.2, 0.25) is 0 Å². The lowest BCUT2D eigenvalue weighted by atomic mass is 9.99. The average Bonchev–Trinajstić information content (AvgIpc) is 2.99. The van der Waals surface area contributed by atoms with Gasteiger partial charge in [-0.15, -0.1) is 11.3 Å². The van der Waals surface area contributed by atoms with Crippen molar-refractivity contribution in [3.63, 3.8) is 0 Å². The molecule has 26 heavy (non-hydrogen) atoms. The quantitative estimate of drug-likeness (QED) is 0.401. The number of nitrogens with zero attached hydrogens (tertiary/aromatic N) is 2. The molecule has 0 aliphatic heterocycles. The number of fused-ring (bicyclic) bond motifs is 1. The van der Waals surface area contributed by atoms with Crippen molar-refractivity contribution in [3.05, 3.63) is 69.3 Å². The number of halogens is 2. The van der Waals surface area contributed by atoms with Crippen molar-refractivity contribution >= 4 is 56.3 Å². The van der Waals surface area contributed by atoms with Gasteiger partial charge in [0, 0.05) is 26.7 Å². The zero-order chi connectivity index (χ0) is 18.3. The SMILES string of the molecule is Cc1ccc(-c2csc3ncnc(Nc4cc(Cl)cc(Cl)c4)c23)c(C)c1. The molecule has 0 saturated heterocycles. The molecule has 4 rings (SSSR count). The first-order valence-electron chi connectivity index (χ1n) is 8.04. The fraction of sp³-hybridized carbons (Fsp3) is 0.100. The van der Waals surface area contributed by atoms with Crippen LogP contribution in [0.15, 0.2) is 48.1 Å². The monoisotopic (exact) mass is 399 g/mol. The van der Waals surface area contributed by atoms with Gasteiger partial charge in [0.15, 0.2) is 0 Å². The van der Waals surface area contributed by atoms with Crippen LogP contribution >= 0.6 is 34.5 Å². The third kappa shape index (κ3) is 3.28. The minimum atomic E-state index is 0.574. The minimum Gasteiger partial charge on any atom is -0.339 e. The molecule has 0 amide bonds. The van der Waals surface area contributed by atoms with E-state index in [1.54, 1.807) is 23.7 Å². The molecule has 3 nitrogen and oxygen atoms in total. The maximum absolute atomic E-state index is 6.12. The highest BCUT2D eigenvalue weighted by Crippen LogP contribution is 2.39. The molecule has 0 atom stereocenters. The van der Waals surface area contributed by atoms with E-state index in [9.17, 15) is 0 Å². The Balaban J connectivity index is 1.87. The van der Waals surface area contributed by atoms with Gasteiger partial charge in [-0.05, 0) is 43.2 Å². The predicted molar refractivity (Wildman–Crippen MR) is 112 cm³/mol. The van der Waals surface area contributed by atoms with Crippen LogP contribution in [-0.2, 0) is 0 Å². The number of rotatable bonds is 3. The van der Waals surface area contributed by atoms with E-state index >= 15 is 0 Å². The summed E-state index contributed by atoms with van der Waals surface area (Å²) in [4.78, 5) is 9.83. The van der Waals surface area contributed by atoms with Crippen molar-refractivity contribution in [2.24, 2.45) is 0 Å². The normalized spacial score (nSPS) is 11.1. The molecule has 2 heterocycles. The van der Waals surface area contributed by atoms with Gasteiger partial charge in [0.05, 0.1) is 5.39 Å². The zero-order valence-corrected chi connectivity index (χ0v) is 16.5. The fourth-order valence-corrected chi connectivity index (χ4v) is 4.48. The Morgan fingerprint density at radius 3 is 2.42 bits per heavy atom. The second-order valence-electron chi connectivity index (χ2n) is 6.15. The minimum absolute atomic E-state index is 0.574. The molecule has 2 aromatic heterocycles. The molecule has 130 valence electrons. The summed E-state index contributed by atoms with van der Waals surface area (Å²) >= 11 is 13.9. The van der Waals surface area contributed by atoms with E-state index in [1.165, 1.54) is 16.7 Å². The van der Waals surface area contributed by atoms with Crippen LogP contribution in [0, 0.1) is 13.8 Å². The van der Waals surface area contributed by atoms with Crippen LogP contribution in [0.25, 0.3) is 21.3 Å². The molecule has 0 spiro atoms. The zero-order valence-electron chi connectivity index (χ0n) is 14.2. The number of aryl methyl sites for hydroxylation is 2. The molecule has 4 aromatic rings. The van der Waals surface area contributed by atoms with Crippen LogP contribution in [0.5, 0.6) is 0 Å². The van der Waals surface area contributed by atoms with Crippen molar-refractivity contribution in [2.45, 2.75) is 13.8 Å². The summed E-state index contributed by atoms with van der Waals surface area (Å²) in [5.41, 5.74) is 5.57. The summed E-state index contributed by atoms with van der Waals surface area (Å²) < 4.78 is 0. The van der Waals surface area contributed by atoms with Crippen LogP contribution in [-0.4, -0.2) is 9.97 Å². The molecule has 1 N–H and O–H groups in total. The predicted octanol–water partition coefficient (Wildman–Crippen LogP) is 7.03. The Bertz CT molecular complexity index is 1100. The van der Waals surface area contributed by atoms with Crippen LogP contribution in [0.2, 0.25) is 10.0 Å². The van der Waals surface area contributed by atoms with Crippen molar-refractivity contribution in [1.29, 1.82) is 0 Å². The van der Waals surface area contributed by atoms with Gasteiger partial charge in [-0.1, -0.05) is 47.0 Å². The van der Waals surface area contributed by atoms with Crippen LogP contribution in [0.4, 0.5) is 11.5 Å². The second-order valence-corrected chi connectivity index (χ2v) is 7.88. The summed E-state index contributed by atoms with van der Waals surface area (Å²) in [5.74, 6) is 0.740. The Morgan fingerprint density at radius 1 is 0.923 bits per heavy atom. The Kier molecular flexibility index (Phi) is 4.57. The molecule has 0 aliphatic carbocycles. The van der Waals surface area contributed by atoms with Gasteiger partial charge >= 0.3 is 0 Å². The third-order valence-corrected chi connectivity index (χ3v) is 5.49. The lowest BCUT2D eigenvalue weighted by Gasteiger charge is -2.11. The van der Waals surface area contributed by atoms with Crippen molar-refractivity contribution in [1.82, 2.24) is 9.97 Å². The van der Waals surface area contributed by atoms with E-state index in [2.05, 4.69) is 52.7 Å². The standard InChI is InChI=1S/C20H15Cl2N3S/c1-11-3-4-16(12(2)5-11)17-9-26-20-18(17)19(23-10-24-20)25-15-7-13(21)6-14(22)8-15/h3-10H,1-2H3,(H,23,24,25). The van der Waals surface area contributed by atoms with E-state index in [-0.39, 0.29) is 0 Å². The summed E-state index contributed by atoms with van der Waals surface area (Å²) in [6.07, 6.45) is 1.57. The van der Waals surface area contributed by atoms with E-state index in [0.717, 1.165) is 27.3 Å². The van der Waals surface area contributed by atoms with E-state index in [4.69, 9.17) is 23.2 Å². The number of aromatic nitrogens is 2. The first-order chi connectivity index (χ1) is 12.5. The lowest BCUT2D eigenvalue weighted by molar-refractivity contribution is 1.23. The smallest absolute Gasteiger partial charge is 0.143 e. The summed E-state index contributed by atoms with van der Waals surface area (Å²) in [6.45, 7) is 4.22. The molecule has 0 unspecified atom stereocenters. The molecule has 0 radical (unpaired) electrons. The van der Waals surface area contributed by atoms with Gasteiger partial charge in [0.25, 0.3) is 0 Å². The molecule has 6 heteroatoms. The second kappa shape index (κ2) is 6.88. The average molecular weight is 400 g/mol. The van der Waals surface area contributed by atoms with Crippen LogP contribution < -0.4 is 5.32 Å². The largest absolute Gasteiger partial charge is 0.339 e. The number of benzene rings is 2. The molecular formula is C20H15Cl2N3S. The van der Waals surface area contributed by atoms with Gasteiger partial charge in [0.1, 0.15) is 17.0 Å². The highest BCUT2D eigenvalue weighted by atomic mass is 35.5. The first kappa shape index (κ1) is 17.3. The third-order valence-electron chi connectivity index (χ3n) is 4.17. The van der Waals surface area contributed by atoms with Crippen LogP contribution in [0.1, 0.15) is 11.1 Å². The summed E-state index contributed by atoms with van der Waals surface area (Å²) in [6, 6.07) is 11.8. The van der Waals surface area contributed by atoms with Gasteiger partial charge < -0.3 is 5.32 Å². The van der Waals surface area contributed by atoms with E-state index in [0.29, 0.717) is 10.0 Å². The number of thiophene rings is 1. The van der Waals surface area contributed by atoms with E-state index < -0.39 is 0 Å².